The molecule has 5 nitrogen and oxygen atoms in total. The van der Waals surface area contributed by atoms with Crippen LogP contribution in [0.4, 0.5) is 0 Å². The molecule has 0 aromatic heterocycles. The van der Waals surface area contributed by atoms with E-state index >= 15 is 0 Å². The van der Waals surface area contributed by atoms with Crippen LogP contribution in [0.15, 0.2) is 24.6 Å². The minimum atomic E-state index is -1.46. The van der Waals surface area contributed by atoms with E-state index in [1.54, 1.807) is 12.4 Å². The minimum Gasteiger partial charge on any atom is -0.368 e. The zero-order valence-electron chi connectivity index (χ0n) is 9.63. The van der Waals surface area contributed by atoms with Crippen LogP contribution in [0.1, 0.15) is 25.7 Å². The molecule has 1 fully saturated rings. The van der Waals surface area contributed by atoms with Gasteiger partial charge in [0, 0.05) is 18.4 Å². The summed E-state index contributed by atoms with van der Waals surface area (Å²) < 4.78 is 0. The number of carbonyl (C=O) groups excluding carboxylic acids is 2. The second kappa shape index (κ2) is 4.24. The molecule has 1 aliphatic heterocycles. The average Bonchev–Trinajstić information content (AvgIpc) is 2.82. The normalized spacial score (nSPS) is 22.9. The first-order chi connectivity index (χ1) is 8.06. The maximum atomic E-state index is 11.3. The zero-order chi connectivity index (χ0) is 12.5. The molecule has 0 saturated heterocycles. The molecule has 0 aromatic rings. The fraction of sp³-hybridized carbons (Fsp3) is 0.500. The summed E-state index contributed by atoms with van der Waals surface area (Å²) in [5, 5.41) is 0. The van der Waals surface area contributed by atoms with Gasteiger partial charge in [0.1, 0.15) is 0 Å². The molecule has 1 heterocycles. The molecule has 0 aromatic carbocycles. The second-order valence-electron chi connectivity index (χ2n) is 4.61. The van der Waals surface area contributed by atoms with Gasteiger partial charge in [-0.05, 0) is 25.0 Å². The molecule has 2 amide bonds. The summed E-state index contributed by atoms with van der Waals surface area (Å²) in [4.78, 5) is 24.7. The lowest BCUT2D eigenvalue weighted by atomic mass is 9.84. The van der Waals surface area contributed by atoms with Crippen molar-refractivity contribution in [2.45, 2.75) is 31.7 Å². The number of amides is 2. The van der Waals surface area contributed by atoms with Crippen LogP contribution in [0.5, 0.6) is 0 Å². The van der Waals surface area contributed by atoms with Gasteiger partial charge in [0.25, 0.3) is 0 Å². The highest BCUT2D eigenvalue weighted by Gasteiger charge is 2.40. The molecule has 2 aliphatic rings. The highest BCUT2D eigenvalue weighted by atomic mass is 16.2. The Morgan fingerprint density at radius 2 is 1.53 bits per heavy atom. The zero-order valence-corrected chi connectivity index (χ0v) is 9.63. The molecule has 17 heavy (non-hydrogen) atoms. The van der Waals surface area contributed by atoms with Crippen LogP contribution < -0.4 is 11.5 Å². The van der Waals surface area contributed by atoms with Crippen LogP contribution in [0.2, 0.25) is 0 Å². The summed E-state index contributed by atoms with van der Waals surface area (Å²) in [6.45, 7) is 0. The minimum absolute atomic E-state index is 0.459. The Hall–Kier alpha value is -1.78. The van der Waals surface area contributed by atoms with Gasteiger partial charge in [-0.3, -0.25) is 9.59 Å². The van der Waals surface area contributed by atoms with E-state index in [1.165, 1.54) is 25.0 Å². The first kappa shape index (κ1) is 11.7. The highest BCUT2D eigenvalue weighted by Crippen LogP contribution is 2.30. The van der Waals surface area contributed by atoms with E-state index in [2.05, 4.69) is 0 Å². The first-order valence-electron chi connectivity index (χ1n) is 5.82. The Kier molecular flexibility index (Phi) is 2.92. The molecule has 4 N–H and O–H groups in total. The number of nitrogens with two attached hydrogens (primary N) is 2. The lowest BCUT2D eigenvalue weighted by Gasteiger charge is -2.30. The van der Waals surface area contributed by atoms with Gasteiger partial charge in [0.2, 0.25) is 11.8 Å². The van der Waals surface area contributed by atoms with E-state index < -0.39 is 17.2 Å². The Labute approximate surface area is 100 Å². The van der Waals surface area contributed by atoms with Crippen molar-refractivity contribution >= 4 is 11.8 Å². The topological polar surface area (TPSA) is 89.4 Å². The van der Waals surface area contributed by atoms with Crippen molar-refractivity contribution in [3.63, 3.8) is 0 Å². The summed E-state index contributed by atoms with van der Waals surface area (Å²) in [6.07, 6.45) is 11.2. The Morgan fingerprint density at radius 3 is 1.94 bits per heavy atom. The Balaban J connectivity index is 2.17. The number of hydrogen-bond acceptors (Lipinski definition) is 3. The Morgan fingerprint density at radius 1 is 1.06 bits per heavy atom. The van der Waals surface area contributed by atoms with E-state index in [0.29, 0.717) is 6.04 Å². The third kappa shape index (κ3) is 1.92. The van der Waals surface area contributed by atoms with Crippen molar-refractivity contribution in [2.24, 2.45) is 16.9 Å². The molecule has 1 aliphatic carbocycles. The van der Waals surface area contributed by atoms with Crippen LogP contribution in [-0.2, 0) is 9.59 Å². The van der Waals surface area contributed by atoms with E-state index in [9.17, 15) is 9.59 Å². The van der Waals surface area contributed by atoms with Crippen LogP contribution in [-0.4, -0.2) is 22.8 Å². The molecule has 0 spiro atoms. The van der Waals surface area contributed by atoms with Gasteiger partial charge in [0.15, 0.2) is 5.41 Å². The van der Waals surface area contributed by atoms with E-state index in [0.717, 1.165) is 12.8 Å². The third-order valence-corrected chi connectivity index (χ3v) is 3.58. The van der Waals surface area contributed by atoms with Gasteiger partial charge in [-0.1, -0.05) is 12.8 Å². The Bertz CT molecular complexity index is 365. The molecular formula is C12H17N3O2. The van der Waals surface area contributed by atoms with Gasteiger partial charge in [0.05, 0.1) is 0 Å². The maximum absolute atomic E-state index is 11.3. The van der Waals surface area contributed by atoms with E-state index in [-0.39, 0.29) is 0 Å². The summed E-state index contributed by atoms with van der Waals surface area (Å²) in [5.74, 6) is -1.47. The molecule has 0 radical (unpaired) electrons. The van der Waals surface area contributed by atoms with E-state index in [1.807, 2.05) is 4.90 Å². The quantitative estimate of drug-likeness (QED) is 0.686. The largest absolute Gasteiger partial charge is 0.368 e. The fourth-order valence-electron chi connectivity index (χ4n) is 2.41. The van der Waals surface area contributed by atoms with Crippen LogP contribution in [0, 0.1) is 5.41 Å². The fourth-order valence-corrected chi connectivity index (χ4v) is 2.41. The van der Waals surface area contributed by atoms with Gasteiger partial charge in [-0.25, -0.2) is 0 Å². The van der Waals surface area contributed by atoms with Crippen molar-refractivity contribution in [1.29, 1.82) is 0 Å². The molecular weight excluding hydrogens is 218 g/mol. The number of primary amides is 2. The average molecular weight is 235 g/mol. The van der Waals surface area contributed by atoms with Crippen LogP contribution >= 0.6 is 0 Å². The van der Waals surface area contributed by atoms with Crippen molar-refractivity contribution in [2.75, 3.05) is 0 Å². The molecule has 92 valence electrons. The smallest absolute Gasteiger partial charge is 0.241 e. The lowest BCUT2D eigenvalue weighted by molar-refractivity contribution is -0.133. The van der Waals surface area contributed by atoms with Gasteiger partial charge >= 0.3 is 0 Å². The summed E-state index contributed by atoms with van der Waals surface area (Å²) >= 11 is 0. The van der Waals surface area contributed by atoms with Crippen LogP contribution in [0.25, 0.3) is 0 Å². The highest BCUT2D eigenvalue weighted by molar-refractivity contribution is 6.08. The van der Waals surface area contributed by atoms with Gasteiger partial charge in [-0.15, -0.1) is 0 Å². The monoisotopic (exact) mass is 235 g/mol. The van der Waals surface area contributed by atoms with Crippen molar-refractivity contribution in [1.82, 2.24) is 4.90 Å². The molecule has 0 bridgehead atoms. The lowest BCUT2D eigenvalue weighted by Crippen LogP contribution is -2.46. The number of carbonyl (C=O) groups is 2. The standard InChI is InChI=1S/C12H17N3O2/c13-10(16)12(11(14)17)5-7-15(8-6-12)9-3-1-2-4-9/h5-9H,1-4H2,(H2,13,16)(H2,14,17). The molecule has 2 rings (SSSR count). The number of hydrogen-bond donors (Lipinski definition) is 2. The van der Waals surface area contributed by atoms with Gasteiger partial charge in [-0.2, -0.15) is 0 Å². The predicted octanol–water partition coefficient (Wildman–Crippen LogP) is 0.229. The van der Waals surface area contributed by atoms with Crippen molar-refractivity contribution < 1.29 is 9.59 Å². The summed E-state index contributed by atoms with van der Waals surface area (Å²) in [5.41, 5.74) is 9.02. The van der Waals surface area contributed by atoms with Crippen molar-refractivity contribution in [3.05, 3.63) is 24.6 Å². The molecule has 0 atom stereocenters. The van der Waals surface area contributed by atoms with Crippen LogP contribution in [0.3, 0.4) is 0 Å². The molecule has 0 unspecified atom stereocenters. The van der Waals surface area contributed by atoms with Gasteiger partial charge < -0.3 is 16.4 Å². The van der Waals surface area contributed by atoms with E-state index in [4.69, 9.17) is 11.5 Å². The first-order valence-corrected chi connectivity index (χ1v) is 5.82. The number of rotatable bonds is 3. The third-order valence-electron chi connectivity index (χ3n) is 3.58. The molecule has 5 heteroatoms. The SMILES string of the molecule is NC(=O)C1(C(N)=O)C=CN(C2CCCC2)C=C1. The number of nitrogens with zero attached hydrogens (tertiary/aromatic N) is 1. The maximum Gasteiger partial charge on any atom is 0.241 e. The predicted molar refractivity (Wildman–Crippen MR) is 63.2 cm³/mol. The second-order valence-corrected chi connectivity index (χ2v) is 4.61. The summed E-state index contributed by atoms with van der Waals surface area (Å²) in [7, 11) is 0. The summed E-state index contributed by atoms with van der Waals surface area (Å²) in [6, 6.07) is 0.459. The molecule has 1 saturated carbocycles. The van der Waals surface area contributed by atoms with Crippen molar-refractivity contribution in [3.8, 4) is 0 Å².